The van der Waals surface area contributed by atoms with E-state index in [1.807, 2.05) is 13.8 Å². The summed E-state index contributed by atoms with van der Waals surface area (Å²) in [5, 5.41) is 12.1. The van der Waals surface area contributed by atoms with E-state index in [1.54, 1.807) is 12.1 Å². The van der Waals surface area contributed by atoms with E-state index < -0.39 is 23.7 Å². The molecular weight excluding hydrogens is 296 g/mol. The molecule has 4 N–H and O–H groups in total. The highest BCUT2D eigenvalue weighted by atomic mass is 16.4. The van der Waals surface area contributed by atoms with Crippen molar-refractivity contribution in [2.45, 2.75) is 26.7 Å². The minimum Gasteiger partial charge on any atom is -0.481 e. The molecule has 6 heteroatoms. The molecule has 1 aliphatic carbocycles. The number of allylic oxidation sites excluding steroid dienone is 2. The van der Waals surface area contributed by atoms with Gasteiger partial charge in [0, 0.05) is 11.3 Å². The first kappa shape index (κ1) is 16.7. The van der Waals surface area contributed by atoms with Crippen LogP contribution in [0.4, 0.5) is 5.69 Å². The molecule has 0 spiro atoms. The molecule has 23 heavy (non-hydrogen) atoms. The molecule has 1 aliphatic rings. The predicted octanol–water partition coefficient (Wildman–Crippen LogP) is 2.17. The quantitative estimate of drug-likeness (QED) is 0.739. The largest absolute Gasteiger partial charge is 0.481 e. The highest BCUT2D eigenvalue weighted by Crippen LogP contribution is 2.35. The fourth-order valence-electron chi connectivity index (χ4n) is 2.78. The molecule has 6 nitrogen and oxygen atoms in total. The summed E-state index contributed by atoms with van der Waals surface area (Å²) in [4.78, 5) is 34.9. The van der Waals surface area contributed by atoms with Gasteiger partial charge in [-0.15, -0.1) is 0 Å². The average Bonchev–Trinajstić information content (AvgIpc) is 2.49. The van der Waals surface area contributed by atoms with Crippen LogP contribution < -0.4 is 11.1 Å². The van der Waals surface area contributed by atoms with Crippen LogP contribution in [0, 0.1) is 11.8 Å². The van der Waals surface area contributed by atoms with E-state index in [0.29, 0.717) is 24.1 Å². The van der Waals surface area contributed by atoms with Crippen molar-refractivity contribution < 1.29 is 19.5 Å². The smallest absolute Gasteiger partial charge is 0.307 e. The number of hydrogen-bond acceptors (Lipinski definition) is 3. The van der Waals surface area contributed by atoms with Crippen LogP contribution in [0.3, 0.4) is 0 Å². The zero-order valence-electron chi connectivity index (χ0n) is 13.1. The average molecular weight is 316 g/mol. The summed E-state index contributed by atoms with van der Waals surface area (Å²) in [6.07, 6.45) is 0.827. The van der Waals surface area contributed by atoms with Crippen LogP contribution in [-0.2, 0) is 9.59 Å². The molecule has 122 valence electrons. The maximum Gasteiger partial charge on any atom is 0.307 e. The Bertz CT molecular complexity index is 676. The highest BCUT2D eigenvalue weighted by molar-refractivity contribution is 5.97. The number of primary amides is 1. The first-order valence-corrected chi connectivity index (χ1v) is 7.38. The van der Waals surface area contributed by atoms with Crippen molar-refractivity contribution in [3.05, 3.63) is 41.0 Å². The fraction of sp³-hybridized carbons (Fsp3) is 0.353. The second kappa shape index (κ2) is 6.64. The zero-order valence-corrected chi connectivity index (χ0v) is 13.1. The van der Waals surface area contributed by atoms with Gasteiger partial charge < -0.3 is 16.2 Å². The summed E-state index contributed by atoms with van der Waals surface area (Å²) >= 11 is 0. The standard InChI is InChI=1S/C17H20N2O4/c1-9-7-13(14(17(22)23)8-10(9)2)16(21)19-12-5-3-11(4-6-12)15(18)20/h3-6,13-14H,7-8H2,1-2H3,(H2,18,20)(H,19,21)(H,22,23)/t13-,14+/m1/s1. The fourth-order valence-corrected chi connectivity index (χ4v) is 2.78. The van der Waals surface area contributed by atoms with Gasteiger partial charge in [-0.2, -0.15) is 0 Å². The van der Waals surface area contributed by atoms with Gasteiger partial charge in [0.1, 0.15) is 0 Å². The predicted molar refractivity (Wildman–Crippen MR) is 85.8 cm³/mol. The van der Waals surface area contributed by atoms with Gasteiger partial charge in [0.15, 0.2) is 0 Å². The molecule has 0 bridgehead atoms. The number of carboxylic acids is 1. The van der Waals surface area contributed by atoms with E-state index in [0.717, 1.165) is 11.1 Å². The summed E-state index contributed by atoms with van der Waals surface area (Å²) in [6.45, 7) is 3.83. The highest BCUT2D eigenvalue weighted by Gasteiger charge is 2.37. The van der Waals surface area contributed by atoms with E-state index in [-0.39, 0.29) is 5.91 Å². The second-order valence-corrected chi connectivity index (χ2v) is 5.95. The van der Waals surface area contributed by atoms with Gasteiger partial charge in [0.25, 0.3) is 0 Å². The third kappa shape index (κ3) is 3.77. The Balaban J connectivity index is 2.15. The molecule has 2 rings (SSSR count). The molecule has 1 aromatic carbocycles. The Hall–Kier alpha value is -2.63. The number of amides is 2. The molecule has 0 aromatic heterocycles. The maximum absolute atomic E-state index is 12.5. The molecule has 1 aromatic rings. The molecule has 0 fully saturated rings. The molecule has 0 radical (unpaired) electrons. The van der Waals surface area contributed by atoms with E-state index in [4.69, 9.17) is 5.73 Å². The first-order valence-electron chi connectivity index (χ1n) is 7.38. The summed E-state index contributed by atoms with van der Waals surface area (Å²) in [6, 6.07) is 6.18. The lowest BCUT2D eigenvalue weighted by molar-refractivity contribution is -0.146. The normalized spacial score (nSPS) is 21.0. The molecule has 2 amide bonds. The minimum absolute atomic E-state index is 0.323. The lowest BCUT2D eigenvalue weighted by atomic mass is 9.76. The van der Waals surface area contributed by atoms with Gasteiger partial charge in [0.2, 0.25) is 11.8 Å². The monoisotopic (exact) mass is 316 g/mol. The van der Waals surface area contributed by atoms with Crippen LogP contribution in [0.2, 0.25) is 0 Å². The zero-order chi connectivity index (χ0) is 17.1. The molecule has 0 heterocycles. The SMILES string of the molecule is CC1=C(C)C[C@@H](C(=O)Nc2ccc(C(N)=O)cc2)[C@@H](C(=O)O)C1. The van der Waals surface area contributed by atoms with Gasteiger partial charge in [-0.25, -0.2) is 0 Å². The lowest BCUT2D eigenvalue weighted by Gasteiger charge is -2.29. The number of aliphatic carboxylic acids is 1. The third-order valence-corrected chi connectivity index (χ3v) is 4.36. The van der Waals surface area contributed by atoms with E-state index in [1.165, 1.54) is 12.1 Å². The summed E-state index contributed by atoms with van der Waals surface area (Å²) in [5.74, 6) is -3.15. The Labute approximate surface area is 134 Å². The van der Waals surface area contributed by atoms with Crippen LogP contribution in [0.5, 0.6) is 0 Å². The van der Waals surface area contributed by atoms with Crippen LogP contribution in [0.1, 0.15) is 37.0 Å². The number of benzene rings is 1. The topological polar surface area (TPSA) is 109 Å². The van der Waals surface area contributed by atoms with Crippen molar-refractivity contribution in [3.8, 4) is 0 Å². The number of nitrogens with one attached hydrogen (secondary N) is 1. The number of rotatable bonds is 4. The molecule has 0 aliphatic heterocycles. The van der Waals surface area contributed by atoms with Gasteiger partial charge in [-0.3, -0.25) is 14.4 Å². The molecule has 0 unspecified atom stereocenters. The molecular formula is C17H20N2O4. The number of carboxylic acid groups (broad SMARTS) is 1. The number of nitrogens with two attached hydrogens (primary N) is 1. The number of anilines is 1. The third-order valence-electron chi connectivity index (χ3n) is 4.36. The van der Waals surface area contributed by atoms with E-state index in [2.05, 4.69) is 5.32 Å². The number of carbonyl (C=O) groups excluding carboxylic acids is 2. The van der Waals surface area contributed by atoms with E-state index >= 15 is 0 Å². The minimum atomic E-state index is -0.957. The van der Waals surface area contributed by atoms with Gasteiger partial charge >= 0.3 is 5.97 Å². The second-order valence-electron chi connectivity index (χ2n) is 5.95. The first-order chi connectivity index (χ1) is 10.8. The Morgan fingerprint density at radius 2 is 1.57 bits per heavy atom. The van der Waals surface area contributed by atoms with Crippen LogP contribution in [-0.4, -0.2) is 22.9 Å². The van der Waals surface area contributed by atoms with Crippen molar-refractivity contribution in [2.24, 2.45) is 17.6 Å². The lowest BCUT2D eigenvalue weighted by Crippen LogP contribution is -2.36. The maximum atomic E-state index is 12.5. The van der Waals surface area contributed by atoms with Crippen molar-refractivity contribution in [2.75, 3.05) is 5.32 Å². The summed E-state index contributed by atoms with van der Waals surface area (Å²) in [7, 11) is 0. The summed E-state index contributed by atoms with van der Waals surface area (Å²) in [5.41, 5.74) is 8.11. The molecule has 0 saturated carbocycles. The van der Waals surface area contributed by atoms with E-state index in [9.17, 15) is 19.5 Å². The van der Waals surface area contributed by atoms with Crippen LogP contribution in [0.25, 0.3) is 0 Å². The Morgan fingerprint density at radius 3 is 2.04 bits per heavy atom. The van der Waals surface area contributed by atoms with Gasteiger partial charge in [-0.05, 0) is 51.0 Å². The molecule has 0 saturated heterocycles. The van der Waals surface area contributed by atoms with Crippen LogP contribution in [0.15, 0.2) is 35.4 Å². The Kier molecular flexibility index (Phi) is 4.83. The molecule has 2 atom stereocenters. The number of hydrogen-bond donors (Lipinski definition) is 3. The Morgan fingerprint density at radius 1 is 1.04 bits per heavy atom. The van der Waals surface area contributed by atoms with Gasteiger partial charge in [0.05, 0.1) is 11.8 Å². The van der Waals surface area contributed by atoms with Crippen molar-refractivity contribution in [3.63, 3.8) is 0 Å². The number of carbonyl (C=O) groups is 3. The van der Waals surface area contributed by atoms with Crippen LogP contribution >= 0.6 is 0 Å². The summed E-state index contributed by atoms with van der Waals surface area (Å²) < 4.78 is 0. The van der Waals surface area contributed by atoms with Crippen molar-refractivity contribution in [1.29, 1.82) is 0 Å². The van der Waals surface area contributed by atoms with Crippen molar-refractivity contribution >= 4 is 23.5 Å². The van der Waals surface area contributed by atoms with Crippen molar-refractivity contribution in [1.82, 2.24) is 0 Å². The van der Waals surface area contributed by atoms with Gasteiger partial charge in [-0.1, -0.05) is 11.1 Å².